The lowest BCUT2D eigenvalue weighted by molar-refractivity contribution is -0.113. The molecule has 0 aliphatic carbocycles. The summed E-state index contributed by atoms with van der Waals surface area (Å²) < 4.78 is 19.3. The van der Waals surface area contributed by atoms with Crippen LogP contribution in [0.1, 0.15) is 38.8 Å². The van der Waals surface area contributed by atoms with Crippen LogP contribution in [0, 0.1) is 11.7 Å². The van der Waals surface area contributed by atoms with E-state index >= 15 is 0 Å². The third-order valence-corrected chi connectivity index (χ3v) is 5.31. The van der Waals surface area contributed by atoms with Gasteiger partial charge < -0.3 is 15.4 Å². The van der Waals surface area contributed by atoms with Gasteiger partial charge in [-0.2, -0.15) is 0 Å². The molecule has 1 atom stereocenters. The summed E-state index contributed by atoms with van der Waals surface area (Å²) in [5.41, 5.74) is 1.92. The first kappa shape index (κ1) is 22.3. The third-order valence-electron chi connectivity index (χ3n) is 5.31. The number of carbonyl (C=O) groups excluding carboxylic acids is 2. The van der Waals surface area contributed by atoms with Crippen molar-refractivity contribution in [1.29, 1.82) is 0 Å². The van der Waals surface area contributed by atoms with Gasteiger partial charge in [0.15, 0.2) is 0 Å². The number of anilines is 1. The van der Waals surface area contributed by atoms with Gasteiger partial charge in [0.1, 0.15) is 11.6 Å². The molecule has 31 heavy (non-hydrogen) atoms. The summed E-state index contributed by atoms with van der Waals surface area (Å²) in [6.07, 6.45) is 0.788. The molecular formula is C24H28FN3O3. The third kappa shape index (κ3) is 5.05. The number of hydrogen-bond acceptors (Lipinski definition) is 3. The molecule has 0 fully saturated rings. The number of nitrogens with one attached hydrogen (secondary N) is 2. The molecule has 1 aliphatic rings. The Morgan fingerprint density at radius 2 is 1.97 bits per heavy atom. The van der Waals surface area contributed by atoms with Crippen molar-refractivity contribution in [3.05, 3.63) is 71.2 Å². The molecule has 0 saturated carbocycles. The van der Waals surface area contributed by atoms with E-state index in [0.717, 1.165) is 6.42 Å². The number of nitrogens with zero attached hydrogens (tertiary/aromatic N) is 1. The molecule has 0 bridgehead atoms. The van der Waals surface area contributed by atoms with Gasteiger partial charge in [-0.3, -0.25) is 9.69 Å². The summed E-state index contributed by atoms with van der Waals surface area (Å²) >= 11 is 0. The van der Waals surface area contributed by atoms with Crippen LogP contribution in [0.4, 0.5) is 14.9 Å². The maximum Gasteiger partial charge on any atom is 0.322 e. The minimum atomic E-state index is -0.770. The summed E-state index contributed by atoms with van der Waals surface area (Å²) in [5, 5.41) is 5.76. The maximum absolute atomic E-state index is 13.9. The van der Waals surface area contributed by atoms with E-state index in [1.165, 1.54) is 19.2 Å². The summed E-state index contributed by atoms with van der Waals surface area (Å²) in [6.45, 7) is 6.39. The van der Waals surface area contributed by atoms with Crippen molar-refractivity contribution < 1.29 is 18.7 Å². The molecule has 1 heterocycles. The molecule has 164 valence electrons. The SMILES string of the molecule is COc1ccccc1NC(=O)C1=C(C)N(CCC(C)C)C(=O)NC1c1cccc(F)c1. The molecule has 6 nitrogen and oxygen atoms in total. The highest BCUT2D eigenvalue weighted by Gasteiger charge is 2.35. The van der Waals surface area contributed by atoms with E-state index in [9.17, 15) is 14.0 Å². The first-order valence-corrected chi connectivity index (χ1v) is 10.3. The number of allylic oxidation sites excluding steroid dienone is 1. The molecule has 3 amide bonds. The highest BCUT2D eigenvalue weighted by molar-refractivity contribution is 6.07. The largest absolute Gasteiger partial charge is 0.495 e. The summed E-state index contributed by atoms with van der Waals surface area (Å²) in [6, 6.07) is 11.9. The minimum Gasteiger partial charge on any atom is -0.495 e. The second-order valence-electron chi connectivity index (χ2n) is 7.93. The molecule has 0 aromatic heterocycles. The lowest BCUT2D eigenvalue weighted by atomic mass is 9.93. The van der Waals surface area contributed by atoms with Gasteiger partial charge in [-0.1, -0.05) is 38.1 Å². The summed E-state index contributed by atoms with van der Waals surface area (Å²) in [7, 11) is 1.53. The van der Waals surface area contributed by atoms with Crippen LogP contribution in [0.2, 0.25) is 0 Å². The number of urea groups is 1. The number of halogens is 1. The topological polar surface area (TPSA) is 70.7 Å². The lowest BCUT2D eigenvalue weighted by Gasteiger charge is -2.36. The van der Waals surface area contributed by atoms with Crippen LogP contribution < -0.4 is 15.4 Å². The molecule has 2 aromatic rings. The standard InChI is InChI=1S/C24H28FN3O3/c1-15(2)12-13-28-16(3)21(23(29)26-19-10-5-6-11-20(19)31-4)22(27-24(28)30)17-8-7-9-18(25)14-17/h5-11,14-15,22H,12-13H2,1-4H3,(H,26,29)(H,27,30). The number of amides is 3. The van der Waals surface area contributed by atoms with Crippen molar-refractivity contribution in [3.8, 4) is 5.75 Å². The fraction of sp³-hybridized carbons (Fsp3) is 0.333. The zero-order chi connectivity index (χ0) is 22.5. The molecule has 3 rings (SSSR count). The number of rotatable bonds is 7. The van der Waals surface area contributed by atoms with E-state index in [1.54, 1.807) is 42.2 Å². The molecule has 1 aliphatic heterocycles. The second kappa shape index (κ2) is 9.64. The average molecular weight is 426 g/mol. The van der Waals surface area contributed by atoms with E-state index in [2.05, 4.69) is 24.5 Å². The number of carbonyl (C=O) groups is 2. The van der Waals surface area contributed by atoms with Gasteiger partial charge in [-0.05, 0) is 49.1 Å². The van der Waals surface area contributed by atoms with Gasteiger partial charge >= 0.3 is 6.03 Å². The molecule has 0 radical (unpaired) electrons. The van der Waals surface area contributed by atoms with Crippen LogP contribution in [0.15, 0.2) is 59.8 Å². The second-order valence-corrected chi connectivity index (χ2v) is 7.93. The number of methoxy groups -OCH3 is 1. The molecule has 0 saturated heterocycles. The normalized spacial score (nSPS) is 16.4. The molecule has 1 unspecified atom stereocenters. The number of hydrogen-bond donors (Lipinski definition) is 2. The molecular weight excluding hydrogens is 397 g/mol. The Labute approximate surface area is 182 Å². The predicted octanol–water partition coefficient (Wildman–Crippen LogP) is 4.86. The van der Waals surface area contributed by atoms with Gasteiger partial charge in [0, 0.05) is 12.2 Å². The Morgan fingerprint density at radius 3 is 2.65 bits per heavy atom. The highest BCUT2D eigenvalue weighted by atomic mass is 19.1. The van der Waals surface area contributed by atoms with Gasteiger partial charge in [-0.25, -0.2) is 9.18 Å². The molecule has 2 aromatic carbocycles. The average Bonchev–Trinajstić information content (AvgIpc) is 2.73. The van der Waals surface area contributed by atoms with Gasteiger partial charge in [0.2, 0.25) is 0 Å². The van der Waals surface area contributed by atoms with Crippen LogP contribution in [-0.4, -0.2) is 30.5 Å². The van der Waals surface area contributed by atoms with E-state index in [-0.39, 0.29) is 11.9 Å². The number of para-hydroxylation sites is 2. The Kier molecular flexibility index (Phi) is 6.95. The fourth-order valence-corrected chi connectivity index (χ4v) is 3.61. The molecule has 0 spiro atoms. The number of benzene rings is 2. The van der Waals surface area contributed by atoms with Gasteiger partial charge in [-0.15, -0.1) is 0 Å². The summed E-state index contributed by atoms with van der Waals surface area (Å²) in [5.74, 6) is 0.0993. The van der Waals surface area contributed by atoms with Crippen LogP contribution >= 0.6 is 0 Å². The van der Waals surface area contributed by atoms with Crippen molar-refractivity contribution in [2.75, 3.05) is 19.0 Å². The van der Waals surface area contributed by atoms with Crippen LogP contribution in [-0.2, 0) is 4.79 Å². The Morgan fingerprint density at radius 1 is 1.23 bits per heavy atom. The van der Waals surface area contributed by atoms with Crippen LogP contribution in [0.5, 0.6) is 5.75 Å². The van der Waals surface area contributed by atoms with Crippen LogP contribution in [0.25, 0.3) is 0 Å². The van der Waals surface area contributed by atoms with Crippen molar-refractivity contribution >= 4 is 17.6 Å². The van der Waals surface area contributed by atoms with E-state index < -0.39 is 11.9 Å². The van der Waals surface area contributed by atoms with Gasteiger partial charge in [0.25, 0.3) is 5.91 Å². The fourth-order valence-electron chi connectivity index (χ4n) is 3.61. The lowest BCUT2D eigenvalue weighted by Crippen LogP contribution is -2.49. The highest BCUT2D eigenvalue weighted by Crippen LogP contribution is 2.33. The first-order valence-electron chi connectivity index (χ1n) is 10.3. The monoisotopic (exact) mass is 425 g/mol. The van der Waals surface area contributed by atoms with Crippen LogP contribution in [0.3, 0.4) is 0 Å². The minimum absolute atomic E-state index is 0.304. The van der Waals surface area contributed by atoms with Crippen molar-refractivity contribution in [2.45, 2.75) is 33.2 Å². The van der Waals surface area contributed by atoms with Crippen molar-refractivity contribution in [1.82, 2.24) is 10.2 Å². The van der Waals surface area contributed by atoms with E-state index in [1.807, 2.05) is 6.07 Å². The Balaban J connectivity index is 2.03. The van der Waals surface area contributed by atoms with E-state index in [0.29, 0.717) is 40.7 Å². The van der Waals surface area contributed by atoms with Gasteiger partial charge in [0.05, 0.1) is 24.4 Å². The predicted molar refractivity (Wildman–Crippen MR) is 118 cm³/mol. The molecule has 2 N–H and O–H groups in total. The molecule has 7 heteroatoms. The summed E-state index contributed by atoms with van der Waals surface area (Å²) in [4.78, 5) is 27.8. The Hall–Kier alpha value is -3.35. The first-order chi connectivity index (χ1) is 14.8. The Bertz CT molecular complexity index is 1000. The van der Waals surface area contributed by atoms with Crippen molar-refractivity contribution in [3.63, 3.8) is 0 Å². The number of ether oxygens (including phenoxy) is 1. The van der Waals surface area contributed by atoms with Crippen molar-refractivity contribution in [2.24, 2.45) is 5.92 Å². The zero-order valence-corrected chi connectivity index (χ0v) is 18.2. The van der Waals surface area contributed by atoms with E-state index in [4.69, 9.17) is 4.74 Å². The quantitative estimate of drug-likeness (QED) is 0.666. The zero-order valence-electron chi connectivity index (χ0n) is 18.2. The maximum atomic E-state index is 13.9. The smallest absolute Gasteiger partial charge is 0.322 e.